The van der Waals surface area contributed by atoms with E-state index in [-0.39, 0.29) is 11.6 Å². The topological polar surface area (TPSA) is 94.5 Å². The minimum atomic E-state index is -0.468. The highest BCUT2D eigenvalue weighted by Gasteiger charge is 2.20. The summed E-state index contributed by atoms with van der Waals surface area (Å²) in [6.07, 6.45) is 1.63. The lowest BCUT2D eigenvalue weighted by atomic mass is 10.2. The van der Waals surface area contributed by atoms with Gasteiger partial charge in [-0.2, -0.15) is 5.10 Å². The summed E-state index contributed by atoms with van der Waals surface area (Å²) < 4.78 is 12.2. The summed E-state index contributed by atoms with van der Waals surface area (Å²) in [7, 11) is 2.97. The van der Waals surface area contributed by atoms with E-state index in [1.165, 1.54) is 21.1 Å². The Kier molecular flexibility index (Phi) is 5.59. The summed E-state index contributed by atoms with van der Waals surface area (Å²) in [5.74, 6) is 0.0952. The molecular weight excluding hydrogens is 360 g/mol. The summed E-state index contributed by atoms with van der Waals surface area (Å²) in [4.78, 5) is 24.1. The fourth-order valence-electron chi connectivity index (χ4n) is 2.65. The third kappa shape index (κ3) is 4.12. The Labute approximate surface area is 162 Å². The lowest BCUT2D eigenvalue weighted by Crippen LogP contribution is -2.15. The quantitative estimate of drug-likeness (QED) is 0.685. The van der Waals surface area contributed by atoms with Crippen LogP contribution in [0.1, 0.15) is 17.4 Å². The summed E-state index contributed by atoms with van der Waals surface area (Å²) in [5, 5.41) is 9.77. The van der Waals surface area contributed by atoms with E-state index in [9.17, 15) is 9.59 Å². The number of aromatic nitrogens is 2. The van der Waals surface area contributed by atoms with E-state index in [4.69, 9.17) is 9.47 Å². The van der Waals surface area contributed by atoms with Crippen molar-refractivity contribution in [2.24, 2.45) is 0 Å². The van der Waals surface area contributed by atoms with Gasteiger partial charge in [0.2, 0.25) is 5.91 Å². The first kappa shape index (κ1) is 19.0. The zero-order valence-electron chi connectivity index (χ0n) is 15.7. The number of benzene rings is 2. The van der Waals surface area contributed by atoms with E-state index in [1.54, 1.807) is 29.1 Å². The number of carbonyl (C=O) groups is 2. The molecule has 0 spiro atoms. The van der Waals surface area contributed by atoms with Gasteiger partial charge in [-0.25, -0.2) is 4.68 Å². The number of rotatable bonds is 6. The molecule has 2 aromatic carbocycles. The highest BCUT2D eigenvalue weighted by atomic mass is 16.5. The molecule has 2 amide bonds. The zero-order chi connectivity index (χ0) is 20.1. The molecule has 0 bridgehead atoms. The molecule has 0 fully saturated rings. The number of nitrogens with zero attached hydrogens (tertiary/aromatic N) is 2. The van der Waals surface area contributed by atoms with Gasteiger partial charge in [-0.15, -0.1) is 0 Å². The Balaban J connectivity index is 1.91. The van der Waals surface area contributed by atoms with Crippen LogP contribution in [-0.2, 0) is 4.79 Å². The second kappa shape index (κ2) is 8.26. The van der Waals surface area contributed by atoms with Gasteiger partial charge in [-0.05, 0) is 30.3 Å². The van der Waals surface area contributed by atoms with Crippen LogP contribution in [0.5, 0.6) is 11.5 Å². The van der Waals surface area contributed by atoms with Crippen LogP contribution in [0.2, 0.25) is 0 Å². The number of nitrogens with one attached hydrogen (secondary N) is 2. The first-order valence-corrected chi connectivity index (χ1v) is 8.48. The van der Waals surface area contributed by atoms with Gasteiger partial charge in [0, 0.05) is 12.6 Å². The molecular formula is C20H20N4O4. The molecule has 28 heavy (non-hydrogen) atoms. The first-order valence-electron chi connectivity index (χ1n) is 8.48. The van der Waals surface area contributed by atoms with Crippen LogP contribution >= 0.6 is 0 Å². The van der Waals surface area contributed by atoms with E-state index in [2.05, 4.69) is 15.7 Å². The molecule has 3 rings (SSSR count). The van der Waals surface area contributed by atoms with Crippen LogP contribution in [0.15, 0.2) is 54.7 Å². The van der Waals surface area contributed by atoms with Crippen LogP contribution in [0.3, 0.4) is 0 Å². The number of methoxy groups -OCH3 is 2. The van der Waals surface area contributed by atoms with Crippen LogP contribution in [0, 0.1) is 0 Å². The number of para-hydroxylation sites is 1. The average Bonchev–Trinajstić information content (AvgIpc) is 3.13. The smallest absolute Gasteiger partial charge is 0.280 e. The predicted molar refractivity (Wildman–Crippen MR) is 105 cm³/mol. The minimum Gasteiger partial charge on any atom is -0.495 e. The molecule has 3 aromatic rings. The minimum absolute atomic E-state index is 0.123. The van der Waals surface area contributed by atoms with Crippen molar-refractivity contribution >= 4 is 23.2 Å². The third-order valence-corrected chi connectivity index (χ3v) is 3.90. The van der Waals surface area contributed by atoms with Gasteiger partial charge in [-0.3, -0.25) is 9.59 Å². The molecule has 1 aromatic heterocycles. The van der Waals surface area contributed by atoms with Crippen molar-refractivity contribution in [2.45, 2.75) is 6.92 Å². The van der Waals surface area contributed by atoms with E-state index >= 15 is 0 Å². The van der Waals surface area contributed by atoms with Crippen LogP contribution in [0.25, 0.3) is 5.69 Å². The fourth-order valence-corrected chi connectivity index (χ4v) is 2.65. The standard InChI is InChI=1S/C20H20N4O4/c1-13(25)21-14-9-10-17(27-2)16(11-14)22-20(26)19-18(28-3)12-24(23-19)15-7-5-4-6-8-15/h4-12H,1-3H3,(H,21,25)(H,22,26). The van der Waals surface area contributed by atoms with Crippen molar-refractivity contribution in [1.29, 1.82) is 0 Å². The summed E-state index contributed by atoms with van der Waals surface area (Å²) >= 11 is 0. The maximum atomic E-state index is 12.8. The lowest BCUT2D eigenvalue weighted by Gasteiger charge is -2.12. The summed E-state index contributed by atoms with van der Waals surface area (Å²) in [6.45, 7) is 1.41. The highest BCUT2D eigenvalue weighted by Crippen LogP contribution is 2.29. The SMILES string of the molecule is COc1ccc(NC(C)=O)cc1NC(=O)c1nn(-c2ccccc2)cc1OC. The van der Waals surface area contributed by atoms with Crippen molar-refractivity contribution in [3.63, 3.8) is 0 Å². The number of hydrogen-bond donors (Lipinski definition) is 2. The van der Waals surface area contributed by atoms with Gasteiger partial charge in [0.05, 0.1) is 31.8 Å². The van der Waals surface area contributed by atoms with E-state index in [0.717, 1.165) is 5.69 Å². The summed E-state index contributed by atoms with van der Waals surface area (Å²) in [6, 6.07) is 14.3. The Bertz CT molecular complexity index is 999. The lowest BCUT2D eigenvalue weighted by molar-refractivity contribution is -0.114. The average molecular weight is 380 g/mol. The predicted octanol–water partition coefficient (Wildman–Crippen LogP) is 3.10. The Hall–Kier alpha value is -3.81. The normalized spacial score (nSPS) is 10.2. The van der Waals surface area contributed by atoms with E-state index in [0.29, 0.717) is 22.9 Å². The third-order valence-electron chi connectivity index (χ3n) is 3.90. The highest BCUT2D eigenvalue weighted by molar-refractivity contribution is 6.06. The number of carbonyl (C=O) groups excluding carboxylic acids is 2. The van der Waals surface area contributed by atoms with Gasteiger partial charge in [0.25, 0.3) is 5.91 Å². The molecule has 8 heteroatoms. The number of ether oxygens (including phenoxy) is 2. The van der Waals surface area contributed by atoms with Crippen molar-refractivity contribution in [3.05, 3.63) is 60.4 Å². The van der Waals surface area contributed by atoms with Crippen molar-refractivity contribution in [3.8, 4) is 17.2 Å². The Morgan fingerprint density at radius 2 is 1.68 bits per heavy atom. The first-order chi connectivity index (χ1) is 13.5. The van der Waals surface area contributed by atoms with Crippen molar-refractivity contribution in [1.82, 2.24) is 9.78 Å². The molecule has 0 aliphatic carbocycles. The van der Waals surface area contributed by atoms with Crippen LogP contribution in [0.4, 0.5) is 11.4 Å². The molecule has 0 radical (unpaired) electrons. The zero-order valence-corrected chi connectivity index (χ0v) is 15.7. The van der Waals surface area contributed by atoms with Crippen LogP contribution < -0.4 is 20.1 Å². The van der Waals surface area contributed by atoms with Gasteiger partial charge < -0.3 is 20.1 Å². The molecule has 0 saturated heterocycles. The van der Waals surface area contributed by atoms with E-state index < -0.39 is 5.91 Å². The largest absolute Gasteiger partial charge is 0.495 e. The van der Waals surface area contributed by atoms with Gasteiger partial charge in [0.1, 0.15) is 5.75 Å². The Morgan fingerprint density at radius 3 is 2.32 bits per heavy atom. The van der Waals surface area contributed by atoms with Crippen molar-refractivity contribution < 1.29 is 19.1 Å². The molecule has 0 aliphatic heterocycles. The monoisotopic (exact) mass is 380 g/mol. The molecule has 0 saturated carbocycles. The maximum Gasteiger partial charge on any atom is 0.280 e. The molecule has 8 nitrogen and oxygen atoms in total. The number of hydrogen-bond acceptors (Lipinski definition) is 5. The molecule has 1 heterocycles. The molecule has 144 valence electrons. The maximum absolute atomic E-state index is 12.8. The molecule has 0 atom stereocenters. The van der Waals surface area contributed by atoms with Crippen molar-refractivity contribution in [2.75, 3.05) is 24.9 Å². The molecule has 0 aliphatic rings. The van der Waals surface area contributed by atoms with E-state index in [1.807, 2.05) is 30.3 Å². The van der Waals surface area contributed by atoms with Gasteiger partial charge >= 0.3 is 0 Å². The second-order valence-corrected chi connectivity index (χ2v) is 5.88. The van der Waals surface area contributed by atoms with Gasteiger partial charge in [0.15, 0.2) is 11.4 Å². The summed E-state index contributed by atoms with van der Waals surface area (Å²) in [5.41, 5.74) is 1.85. The number of amides is 2. The Morgan fingerprint density at radius 1 is 0.964 bits per heavy atom. The number of anilines is 2. The van der Waals surface area contributed by atoms with Gasteiger partial charge in [-0.1, -0.05) is 18.2 Å². The molecule has 2 N–H and O–H groups in total. The second-order valence-electron chi connectivity index (χ2n) is 5.88. The fraction of sp³-hybridized carbons (Fsp3) is 0.150. The van der Waals surface area contributed by atoms with Crippen LogP contribution in [-0.4, -0.2) is 35.8 Å². The molecule has 0 unspecified atom stereocenters.